The van der Waals surface area contributed by atoms with Gasteiger partial charge in [-0.05, 0) is 31.7 Å². The summed E-state index contributed by atoms with van der Waals surface area (Å²) in [6.07, 6.45) is 14.7. The molecule has 0 nitrogen and oxygen atoms in total. The maximum absolute atomic E-state index is 2.59. The Morgan fingerprint density at radius 1 is 0.844 bits per heavy atom. The fourth-order valence-electron chi connectivity index (χ4n) is 5.37. The Hall–Kier alpha value is -0.149. The first-order chi connectivity index (χ1) is 13.3. The van der Waals surface area contributed by atoms with E-state index in [1.807, 2.05) is 0 Å². The number of hydrogen-bond donors (Lipinski definition) is 0. The van der Waals surface area contributed by atoms with E-state index in [0.29, 0.717) is 5.04 Å². The van der Waals surface area contributed by atoms with Crippen LogP contribution in [0.5, 0.6) is 0 Å². The Bertz CT molecular complexity index is 884. The Morgan fingerprint density at radius 3 is 1.81 bits per heavy atom. The molecule has 2 aromatic carbocycles. The van der Waals surface area contributed by atoms with Gasteiger partial charge < -0.3 is 37.2 Å². The van der Waals surface area contributed by atoms with E-state index in [2.05, 4.69) is 91.0 Å². The second-order valence-electron chi connectivity index (χ2n) is 9.10. The van der Waals surface area contributed by atoms with E-state index >= 15 is 0 Å². The monoisotopic (exact) mass is 542 g/mol. The van der Waals surface area contributed by atoms with Gasteiger partial charge in [0.15, 0.2) is 0 Å². The van der Waals surface area contributed by atoms with E-state index in [9.17, 15) is 0 Å². The molecule has 0 heterocycles. The maximum Gasteiger partial charge on any atom is 4.00 e. The zero-order valence-electron chi connectivity index (χ0n) is 20.6. The molecule has 1 aliphatic carbocycles. The predicted octanol–water partition coefficient (Wildman–Crippen LogP) is -2.95. The third-order valence-corrected chi connectivity index (χ3v) is 11.4. The van der Waals surface area contributed by atoms with Gasteiger partial charge in [0.25, 0.3) is 0 Å². The first kappa shape index (κ1) is 34.0. The van der Waals surface area contributed by atoms with Gasteiger partial charge in [-0.1, -0.05) is 106 Å². The van der Waals surface area contributed by atoms with Gasteiger partial charge in [0, 0.05) is 0 Å². The van der Waals surface area contributed by atoms with E-state index in [-0.39, 0.29) is 58.9 Å². The molecule has 0 aromatic heterocycles. The second kappa shape index (κ2) is 14.3. The van der Waals surface area contributed by atoms with Crippen LogP contribution < -0.4 is 47.6 Å². The van der Waals surface area contributed by atoms with Crippen molar-refractivity contribution < 1.29 is 58.9 Å². The SMILES string of the molecule is CCCCC1([SiH](c2cc(C)cc(C)c2)[c-]2c(C)c(C)c(C)c2C)C=CC=CC1.[Cl-].[Cl-].[Cl-].[Ti+4]. The molecule has 3 rings (SSSR count). The molecule has 0 spiro atoms. The third kappa shape index (κ3) is 6.71. The first-order valence-electron chi connectivity index (χ1n) is 11.0. The minimum atomic E-state index is -1.48. The van der Waals surface area contributed by atoms with Crippen LogP contribution in [0.25, 0.3) is 0 Å². The number of halogens is 3. The van der Waals surface area contributed by atoms with Crippen molar-refractivity contribution >= 4 is 19.2 Å². The molecule has 2 aromatic rings. The molecule has 0 saturated heterocycles. The topological polar surface area (TPSA) is 0 Å². The molecular formula is C27H37Cl3SiTi. The van der Waals surface area contributed by atoms with Crippen molar-refractivity contribution in [2.45, 2.75) is 79.2 Å². The predicted molar refractivity (Wildman–Crippen MR) is 128 cm³/mol. The maximum atomic E-state index is 2.59. The summed E-state index contributed by atoms with van der Waals surface area (Å²) < 4.78 is 0. The van der Waals surface area contributed by atoms with E-state index in [1.54, 1.807) is 21.5 Å². The molecule has 0 radical (unpaired) electrons. The van der Waals surface area contributed by atoms with Crippen LogP contribution in [0, 0.1) is 41.5 Å². The zero-order chi connectivity index (χ0) is 20.5. The molecule has 0 N–H and O–H groups in total. The average molecular weight is 544 g/mol. The van der Waals surface area contributed by atoms with Crippen LogP contribution in [-0.4, -0.2) is 8.80 Å². The van der Waals surface area contributed by atoms with Gasteiger partial charge in [-0.3, -0.25) is 0 Å². The summed E-state index contributed by atoms with van der Waals surface area (Å²) >= 11 is 0. The van der Waals surface area contributed by atoms with Crippen LogP contribution >= 0.6 is 0 Å². The minimum absolute atomic E-state index is 0. The molecule has 0 amide bonds. The first-order valence-corrected chi connectivity index (χ1v) is 12.7. The quantitative estimate of drug-likeness (QED) is 0.270. The van der Waals surface area contributed by atoms with E-state index in [1.165, 1.54) is 47.9 Å². The summed E-state index contributed by atoms with van der Waals surface area (Å²) in [5.74, 6) is 0. The van der Waals surface area contributed by atoms with Gasteiger partial charge in [-0.25, -0.2) is 0 Å². The number of unbranched alkanes of at least 4 members (excludes halogenated alkanes) is 1. The summed E-state index contributed by atoms with van der Waals surface area (Å²) in [4.78, 5) is 0. The Balaban J connectivity index is 0. The van der Waals surface area contributed by atoms with Gasteiger partial charge in [-0.2, -0.15) is 27.4 Å². The zero-order valence-corrected chi connectivity index (χ0v) is 25.6. The van der Waals surface area contributed by atoms with Crippen LogP contribution in [-0.2, 0) is 21.7 Å². The molecule has 2 atom stereocenters. The Morgan fingerprint density at radius 2 is 1.38 bits per heavy atom. The van der Waals surface area contributed by atoms with Crippen molar-refractivity contribution in [1.82, 2.24) is 0 Å². The summed E-state index contributed by atoms with van der Waals surface area (Å²) in [6, 6.07) is 7.33. The molecule has 1 aliphatic rings. The molecular weight excluding hydrogens is 507 g/mol. The smallest absolute Gasteiger partial charge is 1.00 e. The number of hydrogen-bond acceptors (Lipinski definition) is 0. The number of benzene rings is 1. The Labute approximate surface area is 231 Å². The van der Waals surface area contributed by atoms with E-state index < -0.39 is 8.80 Å². The van der Waals surface area contributed by atoms with Crippen molar-refractivity contribution in [3.05, 3.63) is 75.9 Å². The van der Waals surface area contributed by atoms with Crippen molar-refractivity contribution in [3.8, 4) is 0 Å². The van der Waals surface area contributed by atoms with Crippen LogP contribution in [0.15, 0.2) is 42.5 Å². The van der Waals surface area contributed by atoms with Gasteiger partial charge in [0.2, 0.25) is 0 Å². The number of allylic oxidation sites excluding steroid dienone is 4. The largest absolute Gasteiger partial charge is 4.00 e. The van der Waals surface area contributed by atoms with Gasteiger partial charge in [-0.15, -0.1) is 0 Å². The third-order valence-electron chi connectivity index (χ3n) is 7.11. The van der Waals surface area contributed by atoms with Crippen molar-refractivity contribution in [1.29, 1.82) is 0 Å². The van der Waals surface area contributed by atoms with Crippen LogP contribution in [0.4, 0.5) is 0 Å². The standard InChI is InChI=1S/C27H37Si.3ClH.Ti/c1-8-9-13-27(14-11-10-12-15-27)28(25-17-19(2)16-20(3)18-25)26-23(6)21(4)22(5)24(26)7;;;;/h10-12,14,16-18,28H,8-9,13,15H2,1-7H3;3*1H;/q-1;;;;+4/p-3. The second-order valence-corrected chi connectivity index (χ2v) is 12.4. The van der Waals surface area contributed by atoms with E-state index in [0.717, 1.165) is 0 Å². The normalized spacial score (nSPS) is 17.5. The van der Waals surface area contributed by atoms with Gasteiger partial charge in [0.05, 0.1) is 8.80 Å². The summed E-state index contributed by atoms with van der Waals surface area (Å²) in [6.45, 7) is 16.3. The van der Waals surface area contributed by atoms with Crippen molar-refractivity contribution in [3.63, 3.8) is 0 Å². The number of rotatable bonds is 6. The molecule has 0 aliphatic heterocycles. The molecule has 0 bridgehead atoms. The van der Waals surface area contributed by atoms with Crippen molar-refractivity contribution in [2.75, 3.05) is 0 Å². The summed E-state index contributed by atoms with van der Waals surface area (Å²) in [5, 5.41) is 3.65. The summed E-state index contributed by atoms with van der Waals surface area (Å²) in [7, 11) is -1.48. The molecule has 2 unspecified atom stereocenters. The fourth-order valence-corrected chi connectivity index (χ4v) is 10.3. The molecule has 32 heavy (non-hydrogen) atoms. The van der Waals surface area contributed by atoms with Crippen LogP contribution in [0.3, 0.4) is 0 Å². The van der Waals surface area contributed by atoms with Crippen LogP contribution in [0.2, 0.25) is 5.04 Å². The number of aryl methyl sites for hydroxylation is 2. The Kier molecular flexibility index (Phi) is 15.2. The average Bonchev–Trinajstić information content (AvgIpc) is 2.85. The molecule has 174 valence electrons. The van der Waals surface area contributed by atoms with Gasteiger partial charge >= 0.3 is 21.7 Å². The van der Waals surface area contributed by atoms with Crippen LogP contribution in [0.1, 0.15) is 66.0 Å². The summed E-state index contributed by atoms with van der Waals surface area (Å²) in [5.41, 5.74) is 8.95. The molecule has 0 fully saturated rings. The molecule has 0 saturated carbocycles. The fraction of sp³-hybridized carbons (Fsp3) is 0.444. The minimum Gasteiger partial charge on any atom is -1.00 e. The molecule has 5 heteroatoms. The van der Waals surface area contributed by atoms with Crippen molar-refractivity contribution in [2.24, 2.45) is 0 Å². The van der Waals surface area contributed by atoms with E-state index in [4.69, 9.17) is 0 Å². The van der Waals surface area contributed by atoms with Gasteiger partial charge in [0.1, 0.15) is 0 Å².